The minimum Gasteiger partial charge on any atom is -0.326 e. The smallest absolute Gasteiger partial charge is 0.326 e. The van der Waals surface area contributed by atoms with Gasteiger partial charge in [-0.2, -0.15) is 13.2 Å². The minimum absolute atomic E-state index is 0.577. The van der Waals surface area contributed by atoms with Crippen LogP contribution in [-0.2, 0) is 12.7 Å². The molecule has 19 heavy (non-hydrogen) atoms. The molecule has 102 valence electrons. The maximum Gasteiger partial charge on any atom is 0.416 e. The largest absolute Gasteiger partial charge is 0.416 e. The number of hydrogen-bond acceptors (Lipinski definition) is 2. The third-order valence-electron chi connectivity index (χ3n) is 2.71. The number of aryl methyl sites for hydroxylation is 2. The monoisotopic (exact) mass is 269 g/mol. The molecule has 0 unspecified atom stereocenters. The second-order valence-corrected chi connectivity index (χ2v) is 4.19. The van der Waals surface area contributed by atoms with Gasteiger partial charge >= 0.3 is 6.18 Å². The van der Waals surface area contributed by atoms with Gasteiger partial charge in [0, 0.05) is 18.4 Å². The SMILES string of the molecule is CCn1cc(C)nc1Nc1ccc(C(F)(F)F)cc1. The van der Waals surface area contributed by atoms with Gasteiger partial charge in [0.25, 0.3) is 0 Å². The van der Waals surface area contributed by atoms with Gasteiger partial charge in [0.05, 0.1) is 11.3 Å². The van der Waals surface area contributed by atoms with Crippen LogP contribution in [0.25, 0.3) is 0 Å². The molecule has 1 N–H and O–H groups in total. The van der Waals surface area contributed by atoms with Gasteiger partial charge in [0.2, 0.25) is 5.95 Å². The molecule has 0 radical (unpaired) electrons. The fourth-order valence-electron chi connectivity index (χ4n) is 1.76. The average molecular weight is 269 g/mol. The van der Waals surface area contributed by atoms with E-state index in [4.69, 9.17) is 0 Å². The Bertz CT molecular complexity index is 556. The Labute approximate surface area is 109 Å². The zero-order valence-electron chi connectivity index (χ0n) is 10.6. The number of benzene rings is 1. The molecule has 0 aliphatic carbocycles. The Kier molecular flexibility index (Phi) is 3.50. The van der Waals surface area contributed by atoms with Crippen molar-refractivity contribution in [3.05, 3.63) is 41.7 Å². The van der Waals surface area contributed by atoms with Gasteiger partial charge in [-0.15, -0.1) is 0 Å². The zero-order valence-corrected chi connectivity index (χ0v) is 10.6. The normalized spacial score (nSPS) is 11.6. The summed E-state index contributed by atoms with van der Waals surface area (Å²) in [7, 11) is 0. The summed E-state index contributed by atoms with van der Waals surface area (Å²) in [5.74, 6) is 0.625. The maximum absolute atomic E-state index is 12.4. The third-order valence-corrected chi connectivity index (χ3v) is 2.71. The highest BCUT2D eigenvalue weighted by Crippen LogP contribution is 2.30. The van der Waals surface area contributed by atoms with Crippen molar-refractivity contribution < 1.29 is 13.2 Å². The second-order valence-electron chi connectivity index (χ2n) is 4.19. The number of imidazole rings is 1. The van der Waals surface area contributed by atoms with Crippen LogP contribution in [0.1, 0.15) is 18.2 Å². The number of aromatic nitrogens is 2. The molecule has 0 fully saturated rings. The lowest BCUT2D eigenvalue weighted by Gasteiger charge is -2.10. The summed E-state index contributed by atoms with van der Waals surface area (Å²) >= 11 is 0. The van der Waals surface area contributed by atoms with E-state index in [1.165, 1.54) is 12.1 Å². The Balaban J connectivity index is 2.19. The number of nitrogens with one attached hydrogen (secondary N) is 1. The van der Waals surface area contributed by atoms with Gasteiger partial charge in [-0.05, 0) is 38.1 Å². The Hall–Kier alpha value is -1.98. The molecule has 0 saturated carbocycles. The minimum atomic E-state index is -4.31. The summed E-state index contributed by atoms with van der Waals surface area (Å²) in [6.07, 6.45) is -2.43. The molecular weight excluding hydrogens is 255 g/mol. The molecule has 0 bridgehead atoms. The Morgan fingerprint density at radius 2 is 1.84 bits per heavy atom. The predicted molar refractivity (Wildman–Crippen MR) is 67.4 cm³/mol. The molecule has 1 aromatic heterocycles. The standard InChI is InChI=1S/C13H14F3N3/c1-3-19-8-9(2)17-12(19)18-11-6-4-10(5-7-11)13(14,15)16/h4-8H,3H2,1-2H3,(H,17,18). The number of anilines is 2. The van der Waals surface area contributed by atoms with Crippen molar-refractivity contribution in [1.82, 2.24) is 9.55 Å². The highest BCUT2D eigenvalue weighted by atomic mass is 19.4. The van der Waals surface area contributed by atoms with E-state index < -0.39 is 11.7 Å². The predicted octanol–water partition coefficient (Wildman–Crippen LogP) is 3.97. The quantitative estimate of drug-likeness (QED) is 0.913. The van der Waals surface area contributed by atoms with Crippen LogP contribution < -0.4 is 5.32 Å². The van der Waals surface area contributed by atoms with Crippen LogP contribution in [-0.4, -0.2) is 9.55 Å². The van der Waals surface area contributed by atoms with E-state index in [9.17, 15) is 13.2 Å². The number of hydrogen-bond donors (Lipinski definition) is 1. The highest BCUT2D eigenvalue weighted by molar-refractivity contribution is 5.54. The molecule has 6 heteroatoms. The second kappa shape index (κ2) is 4.95. The van der Waals surface area contributed by atoms with Crippen LogP contribution in [0.2, 0.25) is 0 Å². The summed E-state index contributed by atoms with van der Waals surface area (Å²) < 4.78 is 39.2. The van der Waals surface area contributed by atoms with E-state index in [2.05, 4.69) is 10.3 Å². The van der Waals surface area contributed by atoms with Crippen molar-refractivity contribution in [1.29, 1.82) is 0 Å². The van der Waals surface area contributed by atoms with Crippen LogP contribution in [0.5, 0.6) is 0 Å². The van der Waals surface area contributed by atoms with E-state index in [-0.39, 0.29) is 0 Å². The molecule has 1 heterocycles. The van der Waals surface area contributed by atoms with E-state index in [0.717, 1.165) is 24.4 Å². The van der Waals surface area contributed by atoms with Crippen LogP contribution >= 0.6 is 0 Å². The van der Waals surface area contributed by atoms with E-state index in [0.29, 0.717) is 11.6 Å². The molecule has 0 amide bonds. The van der Waals surface area contributed by atoms with Gasteiger partial charge < -0.3 is 9.88 Å². The molecule has 0 aliphatic heterocycles. The van der Waals surface area contributed by atoms with Crippen molar-refractivity contribution in [3.63, 3.8) is 0 Å². The molecule has 0 saturated heterocycles. The van der Waals surface area contributed by atoms with Gasteiger partial charge in [-0.1, -0.05) is 0 Å². The van der Waals surface area contributed by atoms with Crippen molar-refractivity contribution in [2.45, 2.75) is 26.6 Å². The lowest BCUT2D eigenvalue weighted by molar-refractivity contribution is -0.137. The molecule has 0 spiro atoms. The third kappa shape index (κ3) is 3.07. The average Bonchev–Trinajstić information content (AvgIpc) is 2.69. The van der Waals surface area contributed by atoms with Crippen molar-refractivity contribution in [3.8, 4) is 0 Å². The molecule has 2 aromatic rings. The summed E-state index contributed by atoms with van der Waals surface area (Å²) in [5, 5.41) is 3.01. The van der Waals surface area contributed by atoms with Crippen LogP contribution in [0, 0.1) is 6.92 Å². The number of rotatable bonds is 3. The Morgan fingerprint density at radius 3 is 2.37 bits per heavy atom. The van der Waals surface area contributed by atoms with Crippen molar-refractivity contribution in [2.24, 2.45) is 0 Å². The van der Waals surface area contributed by atoms with Crippen molar-refractivity contribution >= 4 is 11.6 Å². The molecule has 1 aromatic carbocycles. The van der Waals surface area contributed by atoms with Gasteiger partial charge in [-0.25, -0.2) is 4.98 Å². The molecular formula is C13H14F3N3. The number of halogens is 3. The fourth-order valence-corrected chi connectivity index (χ4v) is 1.76. The maximum atomic E-state index is 12.4. The fraction of sp³-hybridized carbons (Fsp3) is 0.308. The first-order valence-corrected chi connectivity index (χ1v) is 5.88. The summed E-state index contributed by atoms with van der Waals surface area (Å²) in [4.78, 5) is 4.28. The van der Waals surface area contributed by atoms with Crippen LogP contribution in [0.15, 0.2) is 30.5 Å². The van der Waals surface area contributed by atoms with E-state index in [1.54, 1.807) is 0 Å². The molecule has 2 rings (SSSR count). The van der Waals surface area contributed by atoms with E-state index >= 15 is 0 Å². The number of nitrogens with zero attached hydrogens (tertiary/aromatic N) is 2. The van der Waals surface area contributed by atoms with Gasteiger partial charge in [-0.3, -0.25) is 0 Å². The van der Waals surface area contributed by atoms with Crippen LogP contribution in [0.3, 0.4) is 0 Å². The molecule has 3 nitrogen and oxygen atoms in total. The van der Waals surface area contributed by atoms with E-state index in [1.807, 2.05) is 24.6 Å². The summed E-state index contributed by atoms with van der Waals surface area (Å²) in [6.45, 7) is 4.58. The molecule has 0 atom stereocenters. The summed E-state index contributed by atoms with van der Waals surface area (Å²) in [5.41, 5.74) is 0.776. The lowest BCUT2D eigenvalue weighted by atomic mass is 10.2. The van der Waals surface area contributed by atoms with Gasteiger partial charge in [0.15, 0.2) is 0 Å². The van der Waals surface area contributed by atoms with Crippen LogP contribution in [0.4, 0.5) is 24.8 Å². The first-order chi connectivity index (χ1) is 8.90. The lowest BCUT2D eigenvalue weighted by Crippen LogP contribution is -2.05. The number of alkyl halides is 3. The Morgan fingerprint density at radius 1 is 1.21 bits per heavy atom. The topological polar surface area (TPSA) is 29.9 Å². The summed E-state index contributed by atoms with van der Waals surface area (Å²) in [6, 6.07) is 4.89. The van der Waals surface area contributed by atoms with Crippen molar-refractivity contribution in [2.75, 3.05) is 5.32 Å². The highest BCUT2D eigenvalue weighted by Gasteiger charge is 2.29. The first kappa shape index (κ1) is 13.5. The molecule has 0 aliphatic rings. The first-order valence-electron chi connectivity index (χ1n) is 5.88. The zero-order chi connectivity index (χ0) is 14.0. The van der Waals surface area contributed by atoms with Gasteiger partial charge in [0.1, 0.15) is 0 Å².